The van der Waals surface area contributed by atoms with Crippen molar-refractivity contribution in [1.82, 2.24) is 0 Å². The van der Waals surface area contributed by atoms with E-state index in [-0.39, 0.29) is 17.5 Å². The van der Waals surface area contributed by atoms with Crippen LogP contribution in [0.3, 0.4) is 0 Å². The maximum Gasteiger partial charge on any atom is 0.170 e. The van der Waals surface area contributed by atoms with E-state index in [2.05, 4.69) is 13.8 Å². The smallest absolute Gasteiger partial charge is 0.170 e. The van der Waals surface area contributed by atoms with E-state index in [9.17, 15) is 4.79 Å². The molecule has 27 heavy (non-hydrogen) atoms. The Kier molecular flexibility index (Phi) is 4.25. The number of hydrogen-bond donors (Lipinski definition) is 0. The topological polar surface area (TPSA) is 54.0 Å². The van der Waals surface area contributed by atoms with Crippen LogP contribution in [0.5, 0.6) is 23.0 Å². The minimum atomic E-state index is -0.355. The Labute approximate surface area is 159 Å². The van der Waals surface area contributed by atoms with Crippen LogP contribution in [0.4, 0.5) is 0 Å². The highest BCUT2D eigenvalue weighted by Crippen LogP contribution is 2.45. The van der Waals surface area contributed by atoms with E-state index in [0.29, 0.717) is 29.2 Å². The van der Waals surface area contributed by atoms with Gasteiger partial charge in [-0.3, -0.25) is 4.79 Å². The van der Waals surface area contributed by atoms with Gasteiger partial charge in [-0.05, 0) is 56.5 Å². The third-order valence-corrected chi connectivity index (χ3v) is 5.29. The van der Waals surface area contributed by atoms with Gasteiger partial charge in [0.15, 0.2) is 17.3 Å². The fourth-order valence-electron chi connectivity index (χ4n) is 3.77. The first kappa shape index (κ1) is 17.7. The molecule has 0 amide bonds. The van der Waals surface area contributed by atoms with E-state index in [1.807, 2.05) is 30.3 Å². The van der Waals surface area contributed by atoms with Crippen molar-refractivity contribution in [3.8, 4) is 23.0 Å². The fourth-order valence-corrected chi connectivity index (χ4v) is 3.77. The Balaban J connectivity index is 1.72. The van der Waals surface area contributed by atoms with E-state index in [4.69, 9.17) is 18.9 Å². The quantitative estimate of drug-likeness (QED) is 0.798. The lowest BCUT2D eigenvalue weighted by atomic mass is 9.89. The molecule has 0 aliphatic carbocycles. The third-order valence-electron chi connectivity index (χ3n) is 5.29. The van der Waals surface area contributed by atoms with Crippen molar-refractivity contribution in [1.29, 1.82) is 0 Å². The van der Waals surface area contributed by atoms with Crippen LogP contribution < -0.4 is 18.9 Å². The zero-order valence-electron chi connectivity index (χ0n) is 16.1. The Morgan fingerprint density at radius 3 is 2.59 bits per heavy atom. The molecule has 0 N–H and O–H groups in total. The molecule has 2 aliphatic rings. The normalized spacial score (nSPS) is 20.0. The molecular weight excluding hydrogens is 344 g/mol. The molecule has 2 aromatic rings. The van der Waals surface area contributed by atoms with E-state index in [1.54, 1.807) is 14.2 Å². The number of carbonyl (C=O) groups is 1. The summed E-state index contributed by atoms with van der Waals surface area (Å²) < 4.78 is 23.1. The Morgan fingerprint density at radius 2 is 1.85 bits per heavy atom. The van der Waals surface area contributed by atoms with Gasteiger partial charge in [0.05, 0.1) is 26.2 Å². The van der Waals surface area contributed by atoms with Crippen molar-refractivity contribution in [3.05, 3.63) is 47.0 Å². The minimum absolute atomic E-state index is 0.0867. The summed E-state index contributed by atoms with van der Waals surface area (Å²) in [6.07, 6.45) is 1.66. The van der Waals surface area contributed by atoms with Crippen molar-refractivity contribution in [2.24, 2.45) is 0 Å². The van der Waals surface area contributed by atoms with E-state index >= 15 is 0 Å². The van der Waals surface area contributed by atoms with Crippen molar-refractivity contribution < 1.29 is 23.7 Å². The molecule has 0 saturated carbocycles. The van der Waals surface area contributed by atoms with Gasteiger partial charge in [-0.2, -0.15) is 0 Å². The average molecular weight is 368 g/mol. The number of hydrogen-bond acceptors (Lipinski definition) is 5. The highest BCUT2D eigenvalue weighted by Gasteiger charge is 2.35. The van der Waals surface area contributed by atoms with Crippen LogP contribution in [0.25, 0.3) is 0 Å². The van der Waals surface area contributed by atoms with Gasteiger partial charge in [-0.25, -0.2) is 0 Å². The summed E-state index contributed by atoms with van der Waals surface area (Å²) in [4.78, 5) is 12.8. The standard InChI is InChI=1S/C22H24O5/c1-22(2)10-9-15-17(27-22)8-6-14-16(23)12-19(26-21(14)15)13-5-7-18(24-3)20(11-13)25-4/h5-8,11,19H,9-10,12H2,1-4H3/t19-/m0/s1. The van der Waals surface area contributed by atoms with E-state index in [1.165, 1.54) is 0 Å². The Morgan fingerprint density at radius 1 is 1.07 bits per heavy atom. The summed E-state index contributed by atoms with van der Waals surface area (Å²) in [5.41, 5.74) is 2.32. The first-order valence-corrected chi connectivity index (χ1v) is 9.18. The van der Waals surface area contributed by atoms with Gasteiger partial charge in [0.2, 0.25) is 0 Å². The lowest BCUT2D eigenvalue weighted by molar-refractivity contribution is 0.0766. The van der Waals surface area contributed by atoms with Gasteiger partial charge < -0.3 is 18.9 Å². The Hall–Kier alpha value is -2.69. The number of Topliss-reactive ketones (excluding diaryl/α,β-unsaturated/α-hetero) is 1. The maximum atomic E-state index is 12.8. The van der Waals surface area contributed by atoms with Crippen molar-refractivity contribution in [2.45, 2.75) is 44.8 Å². The van der Waals surface area contributed by atoms with Crippen molar-refractivity contribution in [3.63, 3.8) is 0 Å². The number of methoxy groups -OCH3 is 2. The van der Waals surface area contributed by atoms with Crippen LogP contribution in [0, 0.1) is 0 Å². The molecular formula is C22H24O5. The molecule has 0 aromatic heterocycles. The number of benzene rings is 2. The zero-order valence-corrected chi connectivity index (χ0v) is 16.1. The predicted molar refractivity (Wildman–Crippen MR) is 101 cm³/mol. The van der Waals surface area contributed by atoms with Crippen molar-refractivity contribution >= 4 is 5.78 Å². The second-order valence-electron chi connectivity index (χ2n) is 7.63. The predicted octanol–water partition coefficient (Wildman–Crippen LogP) is 4.51. The van der Waals surface area contributed by atoms with Gasteiger partial charge >= 0.3 is 0 Å². The number of fused-ring (bicyclic) bond motifs is 3. The van der Waals surface area contributed by atoms with Crippen LogP contribution in [0.2, 0.25) is 0 Å². The summed E-state index contributed by atoms with van der Waals surface area (Å²) in [5, 5.41) is 0. The van der Waals surface area contributed by atoms with Crippen LogP contribution in [0.15, 0.2) is 30.3 Å². The lowest BCUT2D eigenvalue weighted by Crippen LogP contribution is -2.33. The molecule has 2 aliphatic heterocycles. The number of ether oxygens (including phenoxy) is 4. The van der Waals surface area contributed by atoms with Crippen molar-refractivity contribution in [2.75, 3.05) is 14.2 Å². The average Bonchev–Trinajstić information content (AvgIpc) is 2.66. The van der Waals surface area contributed by atoms with Gasteiger partial charge in [0.25, 0.3) is 0 Å². The van der Waals surface area contributed by atoms with Gasteiger partial charge in [-0.1, -0.05) is 6.07 Å². The highest BCUT2D eigenvalue weighted by atomic mass is 16.5. The van der Waals surface area contributed by atoms with E-state index in [0.717, 1.165) is 29.7 Å². The SMILES string of the molecule is COc1ccc([C@@H]2CC(=O)c3ccc4c(c3O2)CCC(C)(C)O4)cc1OC. The molecule has 142 valence electrons. The number of rotatable bonds is 3. The molecule has 0 saturated heterocycles. The molecule has 5 nitrogen and oxygen atoms in total. The lowest BCUT2D eigenvalue weighted by Gasteiger charge is -2.35. The summed E-state index contributed by atoms with van der Waals surface area (Å²) >= 11 is 0. The molecule has 0 fully saturated rings. The fraction of sp³-hybridized carbons (Fsp3) is 0.409. The molecule has 2 heterocycles. The minimum Gasteiger partial charge on any atom is -0.493 e. The number of ketones is 1. The second-order valence-corrected chi connectivity index (χ2v) is 7.63. The van der Waals surface area contributed by atoms with Crippen LogP contribution in [0.1, 0.15) is 54.3 Å². The summed E-state index contributed by atoms with van der Waals surface area (Å²) in [6.45, 7) is 4.15. The first-order chi connectivity index (χ1) is 12.9. The largest absolute Gasteiger partial charge is 0.493 e. The molecule has 0 bridgehead atoms. The second kappa shape index (κ2) is 6.48. The van der Waals surface area contributed by atoms with Gasteiger partial charge in [0, 0.05) is 5.56 Å². The molecule has 2 aromatic carbocycles. The monoisotopic (exact) mass is 368 g/mol. The Bertz CT molecular complexity index is 900. The first-order valence-electron chi connectivity index (χ1n) is 9.18. The summed E-state index contributed by atoms with van der Waals surface area (Å²) in [5.74, 6) is 2.84. The molecule has 0 spiro atoms. The van der Waals surface area contributed by atoms with Crippen LogP contribution >= 0.6 is 0 Å². The number of carbonyl (C=O) groups excluding carboxylic acids is 1. The zero-order chi connectivity index (χ0) is 19.2. The highest BCUT2D eigenvalue weighted by molar-refractivity contribution is 6.00. The molecule has 4 rings (SSSR count). The molecule has 0 radical (unpaired) electrons. The van der Waals surface area contributed by atoms with E-state index < -0.39 is 0 Å². The van der Waals surface area contributed by atoms with Crippen LogP contribution in [-0.2, 0) is 6.42 Å². The molecule has 1 atom stereocenters. The molecule has 0 unspecified atom stereocenters. The molecule has 5 heteroatoms. The summed E-state index contributed by atoms with van der Waals surface area (Å²) in [7, 11) is 3.20. The van der Waals surface area contributed by atoms with Gasteiger partial charge in [-0.15, -0.1) is 0 Å². The van der Waals surface area contributed by atoms with Gasteiger partial charge in [0.1, 0.15) is 23.2 Å². The van der Waals surface area contributed by atoms with Crippen LogP contribution in [-0.4, -0.2) is 25.6 Å². The third kappa shape index (κ3) is 3.11. The maximum absolute atomic E-state index is 12.8. The summed E-state index contributed by atoms with van der Waals surface area (Å²) in [6, 6.07) is 9.34.